The normalized spacial score (nSPS) is 15.4. The molecule has 0 N–H and O–H groups in total. The fourth-order valence-corrected chi connectivity index (χ4v) is 3.23. The molecular weight excluding hydrogens is 347 g/mol. The van der Waals surface area contributed by atoms with E-state index >= 15 is 0 Å². The SMILES string of the molecule is CC[C@@H](Oc1cccc(OC)c1)C(=O)N1CCN(c2ccccc2F)CC1. The molecule has 144 valence electrons. The average molecular weight is 372 g/mol. The van der Waals surface area contributed by atoms with Gasteiger partial charge in [-0.15, -0.1) is 0 Å². The van der Waals surface area contributed by atoms with Gasteiger partial charge in [-0.3, -0.25) is 4.79 Å². The Bertz CT molecular complexity index is 776. The van der Waals surface area contributed by atoms with Gasteiger partial charge in [0.2, 0.25) is 0 Å². The van der Waals surface area contributed by atoms with Gasteiger partial charge in [0, 0.05) is 32.2 Å². The topological polar surface area (TPSA) is 42.0 Å². The zero-order chi connectivity index (χ0) is 19.2. The molecule has 0 radical (unpaired) electrons. The molecule has 0 bridgehead atoms. The van der Waals surface area contributed by atoms with Crippen LogP contribution < -0.4 is 14.4 Å². The highest BCUT2D eigenvalue weighted by molar-refractivity contribution is 5.81. The Kier molecular flexibility index (Phi) is 6.16. The molecule has 1 aliphatic rings. The number of halogens is 1. The molecular formula is C21H25FN2O3. The minimum Gasteiger partial charge on any atom is -0.497 e. The third-order valence-corrected chi connectivity index (χ3v) is 4.75. The van der Waals surface area contributed by atoms with Gasteiger partial charge in [0.15, 0.2) is 6.10 Å². The van der Waals surface area contributed by atoms with Gasteiger partial charge in [-0.2, -0.15) is 0 Å². The second-order valence-corrected chi connectivity index (χ2v) is 6.46. The van der Waals surface area contributed by atoms with Crippen molar-refractivity contribution >= 4 is 11.6 Å². The minimum absolute atomic E-state index is 0.0338. The third-order valence-electron chi connectivity index (χ3n) is 4.75. The zero-order valence-corrected chi connectivity index (χ0v) is 15.7. The molecule has 2 aromatic carbocycles. The second-order valence-electron chi connectivity index (χ2n) is 6.46. The molecule has 0 spiro atoms. The van der Waals surface area contributed by atoms with E-state index in [1.807, 2.05) is 36.1 Å². The number of methoxy groups -OCH3 is 1. The third kappa shape index (κ3) is 4.51. The molecule has 0 unspecified atom stereocenters. The number of carbonyl (C=O) groups is 1. The molecule has 5 nitrogen and oxygen atoms in total. The van der Waals surface area contributed by atoms with Crippen LogP contribution in [0.5, 0.6) is 11.5 Å². The number of carbonyl (C=O) groups excluding carboxylic acids is 1. The van der Waals surface area contributed by atoms with Gasteiger partial charge in [-0.05, 0) is 30.7 Å². The van der Waals surface area contributed by atoms with E-state index in [9.17, 15) is 9.18 Å². The summed E-state index contributed by atoms with van der Waals surface area (Å²) >= 11 is 0. The van der Waals surface area contributed by atoms with Crippen molar-refractivity contribution in [2.45, 2.75) is 19.4 Å². The lowest BCUT2D eigenvalue weighted by Gasteiger charge is -2.37. The molecule has 0 saturated carbocycles. The van der Waals surface area contributed by atoms with Crippen LogP contribution in [-0.2, 0) is 4.79 Å². The zero-order valence-electron chi connectivity index (χ0n) is 15.7. The predicted octanol–water partition coefficient (Wildman–Crippen LogP) is 3.34. The van der Waals surface area contributed by atoms with Gasteiger partial charge in [0.05, 0.1) is 12.8 Å². The fourth-order valence-electron chi connectivity index (χ4n) is 3.23. The van der Waals surface area contributed by atoms with Gasteiger partial charge >= 0.3 is 0 Å². The van der Waals surface area contributed by atoms with E-state index in [2.05, 4.69) is 0 Å². The first-order chi connectivity index (χ1) is 13.1. The smallest absolute Gasteiger partial charge is 0.263 e. The van der Waals surface area contributed by atoms with E-state index in [0.717, 1.165) is 0 Å². The van der Waals surface area contributed by atoms with E-state index < -0.39 is 6.10 Å². The monoisotopic (exact) mass is 372 g/mol. The maximum Gasteiger partial charge on any atom is 0.263 e. The maximum atomic E-state index is 14.0. The number of hydrogen-bond donors (Lipinski definition) is 0. The summed E-state index contributed by atoms with van der Waals surface area (Å²) < 4.78 is 25.1. The van der Waals surface area contributed by atoms with Crippen molar-refractivity contribution in [3.63, 3.8) is 0 Å². The molecule has 1 aliphatic heterocycles. The van der Waals surface area contributed by atoms with Crippen molar-refractivity contribution in [3.05, 3.63) is 54.3 Å². The highest BCUT2D eigenvalue weighted by Gasteiger charge is 2.28. The summed E-state index contributed by atoms with van der Waals surface area (Å²) in [6.07, 6.45) is 0.0287. The summed E-state index contributed by atoms with van der Waals surface area (Å²) in [6.45, 7) is 4.22. The van der Waals surface area contributed by atoms with Gasteiger partial charge in [-0.1, -0.05) is 25.1 Å². The van der Waals surface area contributed by atoms with Crippen molar-refractivity contribution in [1.29, 1.82) is 0 Å². The first-order valence-corrected chi connectivity index (χ1v) is 9.21. The summed E-state index contributed by atoms with van der Waals surface area (Å²) in [6, 6.07) is 14.0. The number of para-hydroxylation sites is 1. The molecule has 1 heterocycles. The van der Waals surface area contributed by atoms with E-state index in [0.29, 0.717) is 49.8 Å². The quantitative estimate of drug-likeness (QED) is 0.780. The van der Waals surface area contributed by atoms with Gasteiger partial charge in [-0.25, -0.2) is 4.39 Å². The predicted molar refractivity (Wildman–Crippen MR) is 103 cm³/mol. The largest absolute Gasteiger partial charge is 0.497 e. The van der Waals surface area contributed by atoms with Crippen LogP contribution in [0, 0.1) is 5.82 Å². The molecule has 1 saturated heterocycles. The molecule has 3 rings (SSSR count). The number of anilines is 1. The molecule has 1 atom stereocenters. The Morgan fingerprint density at radius 1 is 1.07 bits per heavy atom. The summed E-state index contributed by atoms with van der Waals surface area (Å²) in [5.74, 6) is 1.03. The van der Waals surface area contributed by atoms with Gasteiger partial charge in [0.1, 0.15) is 17.3 Å². The number of nitrogens with zero attached hydrogens (tertiary/aromatic N) is 2. The van der Waals surface area contributed by atoms with Crippen molar-refractivity contribution in [2.24, 2.45) is 0 Å². The number of rotatable bonds is 6. The molecule has 2 aromatic rings. The summed E-state index contributed by atoms with van der Waals surface area (Å²) in [7, 11) is 1.59. The average Bonchev–Trinajstić information content (AvgIpc) is 2.72. The molecule has 6 heteroatoms. The molecule has 1 amide bonds. The highest BCUT2D eigenvalue weighted by atomic mass is 19.1. The van der Waals surface area contributed by atoms with Gasteiger partial charge in [0.25, 0.3) is 5.91 Å². The van der Waals surface area contributed by atoms with Crippen LogP contribution in [0.4, 0.5) is 10.1 Å². The van der Waals surface area contributed by atoms with Crippen molar-refractivity contribution in [1.82, 2.24) is 4.90 Å². The summed E-state index contributed by atoms with van der Waals surface area (Å²) in [4.78, 5) is 16.6. The maximum absolute atomic E-state index is 14.0. The number of amides is 1. The fraction of sp³-hybridized carbons (Fsp3) is 0.381. The summed E-state index contributed by atoms with van der Waals surface area (Å²) in [5, 5.41) is 0. The van der Waals surface area contributed by atoms with Crippen molar-refractivity contribution in [2.75, 3.05) is 38.2 Å². The molecule has 27 heavy (non-hydrogen) atoms. The second kappa shape index (κ2) is 8.75. The molecule has 0 aromatic heterocycles. The van der Waals surface area contributed by atoms with E-state index in [4.69, 9.17) is 9.47 Å². The lowest BCUT2D eigenvalue weighted by molar-refractivity contribution is -0.139. The Morgan fingerprint density at radius 2 is 1.78 bits per heavy atom. The van der Waals surface area contributed by atoms with Crippen molar-refractivity contribution in [3.8, 4) is 11.5 Å². The first-order valence-electron chi connectivity index (χ1n) is 9.21. The molecule has 0 aliphatic carbocycles. The molecule has 1 fully saturated rings. The number of ether oxygens (including phenoxy) is 2. The first kappa shape index (κ1) is 19.0. The lowest BCUT2D eigenvalue weighted by atomic mass is 10.2. The number of benzene rings is 2. The lowest BCUT2D eigenvalue weighted by Crippen LogP contribution is -2.52. The Morgan fingerprint density at radius 3 is 2.44 bits per heavy atom. The van der Waals surface area contributed by atoms with Crippen molar-refractivity contribution < 1.29 is 18.7 Å². The number of hydrogen-bond acceptors (Lipinski definition) is 4. The number of piperazine rings is 1. The Labute approximate surface area is 159 Å². The van der Waals surface area contributed by atoms with Gasteiger partial charge < -0.3 is 19.3 Å². The van der Waals surface area contributed by atoms with Crippen LogP contribution >= 0.6 is 0 Å². The van der Waals surface area contributed by atoms with Crippen LogP contribution in [-0.4, -0.2) is 50.2 Å². The van der Waals surface area contributed by atoms with Crippen LogP contribution in [0.3, 0.4) is 0 Å². The minimum atomic E-state index is -0.544. The Hall–Kier alpha value is -2.76. The van der Waals surface area contributed by atoms with Crippen LogP contribution in [0.2, 0.25) is 0 Å². The van der Waals surface area contributed by atoms with Crippen LogP contribution in [0.15, 0.2) is 48.5 Å². The standard InChI is InChI=1S/C21H25FN2O3/c1-3-20(27-17-8-6-7-16(15-17)26-2)21(25)24-13-11-23(12-14-24)19-10-5-4-9-18(19)22/h4-10,15,20H,3,11-14H2,1-2H3/t20-/m1/s1. The van der Waals surface area contributed by atoms with Crippen LogP contribution in [0.25, 0.3) is 0 Å². The summed E-state index contributed by atoms with van der Waals surface area (Å²) in [5.41, 5.74) is 0.587. The Balaban J connectivity index is 1.60. The van der Waals surface area contributed by atoms with E-state index in [1.54, 1.807) is 30.2 Å². The van der Waals surface area contributed by atoms with E-state index in [1.165, 1.54) is 6.07 Å². The van der Waals surface area contributed by atoms with Crippen LogP contribution in [0.1, 0.15) is 13.3 Å². The van der Waals surface area contributed by atoms with E-state index in [-0.39, 0.29) is 11.7 Å². The highest BCUT2D eigenvalue weighted by Crippen LogP contribution is 2.23.